The van der Waals surface area contributed by atoms with E-state index in [4.69, 9.17) is 4.74 Å². The summed E-state index contributed by atoms with van der Waals surface area (Å²) in [6.45, 7) is 3.56. The summed E-state index contributed by atoms with van der Waals surface area (Å²) in [5.41, 5.74) is 3.66. The van der Waals surface area contributed by atoms with Crippen molar-refractivity contribution < 1.29 is 9.53 Å². The smallest absolute Gasteiger partial charge is 0.409 e. The second-order valence-corrected chi connectivity index (χ2v) is 6.50. The van der Waals surface area contributed by atoms with Crippen molar-refractivity contribution in [3.63, 3.8) is 0 Å². The Morgan fingerprint density at radius 2 is 2.00 bits per heavy atom. The van der Waals surface area contributed by atoms with Crippen molar-refractivity contribution in [2.75, 3.05) is 19.7 Å². The first kappa shape index (κ1) is 17.2. The molecule has 0 saturated carbocycles. The van der Waals surface area contributed by atoms with Gasteiger partial charge in [0.15, 0.2) is 5.82 Å². The summed E-state index contributed by atoms with van der Waals surface area (Å²) in [5.74, 6) is 0.927. The van der Waals surface area contributed by atoms with E-state index >= 15 is 0 Å². The maximum atomic E-state index is 11.9. The van der Waals surface area contributed by atoms with Crippen LogP contribution >= 0.6 is 0 Å². The molecule has 1 aliphatic rings. The molecule has 0 bridgehead atoms. The Bertz CT molecular complexity index is 908. The average molecular weight is 363 g/mol. The fourth-order valence-electron chi connectivity index (χ4n) is 3.28. The number of benzene rings is 1. The molecule has 1 atom stereocenters. The predicted molar refractivity (Wildman–Crippen MR) is 101 cm³/mol. The normalized spacial score (nSPS) is 16.5. The minimum Gasteiger partial charge on any atom is -0.450 e. The zero-order chi connectivity index (χ0) is 18.6. The van der Waals surface area contributed by atoms with Gasteiger partial charge in [0.25, 0.3) is 0 Å². The van der Waals surface area contributed by atoms with Crippen LogP contribution in [0.15, 0.2) is 48.8 Å². The predicted octanol–water partition coefficient (Wildman–Crippen LogP) is 3.48. The van der Waals surface area contributed by atoms with Crippen LogP contribution in [0.1, 0.15) is 25.0 Å². The number of amides is 1. The van der Waals surface area contributed by atoms with Gasteiger partial charge in [0.1, 0.15) is 0 Å². The van der Waals surface area contributed by atoms with Crippen molar-refractivity contribution >= 4 is 6.09 Å². The molecule has 3 heterocycles. The average Bonchev–Trinajstić information content (AvgIpc) is 3.39. The van der Waals surface area contributed by atoms with Crippen molar-refractivity contribution in [3.8, 4) is 22.6 Å². The molecule has 138 valence electrons. The number of H-pyrrole nitrogens is 1. The number of carbonyl (C=O) groups is 1. The highest BCUT2D eigenvalue weighted by Crippen LogP contribution is 2.29. The third-order valence-corrected chi connectivity index (χ3v) is 4.73. The van der Waals surface area contributed by atoms with Gasteiger partial charge in [-0.1, -0.05) is 30.3 Å². The van der Waals surface area contributed by atoms with Crippen LogP contribution < -0.4 is 0 Å². The Labute approximate surface area is 157 Å². The lowest BCUT2D eigenvalue weighted by Gasteiger charge is -2.15. The lowest BCUT2D eigenvalue weighted by Crippen LogP contribution is -2.29. The van der Waals surface area contributed by atoms with Crippen molar-refractivity contribution in [1.29, 1.82) is 0 Å². The number of rotatable bonds is 4. The van der Waals surface area contributed by atoms with E-state index in [1.54, 1.807) is 17.3 Å². The van der Waals surface area contributed by atoms with Crippen molar-refractivity contribution in [2.24, 2.45) is 0 Å². The van der Waals surface area contributed by atoms with Crippen LogP contribution in [0.2, 0.25) is 0 Å². The summed E-state index contributed by atoms with van der Waals surface area (Å²) in [6.07, 6.45) is 4.22. The van der Waals surface area contributed by atoms with E-state index in [0.29, 0.717) is 25.5 Å². The van der Waals surface area contributed by atoms with E-state index in [1.807, 2.05) is 43.3 Å². The summed E-state index contributed by atoms with van der Waals surface area (Å²) in [5, 5.41) is 7.50. The Morgan fingerprint density at radius 1 is 1.22 bits per heavy atom. The first-order valence-electron chi connectivity index (χ1n) is 9.09. The Kier molecular flexibility index (Phi) is 4.82. The van der Waals surface area contributed by atoms with Crippen LogP contribution in [0.3, 0.4) is 0 Å². The molecule has 0 aliphatic carbocycles. The van der Waals surface area contributed by atoms with Crippen molar-refractivity contribution in [1.82, 2.24) is 25.1 Å². The van der Waals surface area contributed by atoms with Crippen molar-refractivity contribution in [3.05, 3.63) is 54.5 Å². The summed E-state index contributed by atoms with van der Waals surface area (Å²) in [4.78, 5) is 22.5. The quantitative estimate of drug-likeness (QED) is 0.767. The minimum absolute atomic E-state index is 0.236. The fraction of sp³-hybridized carbons (Fsp3) is 0.300. The molecule has 1 fully saturated rings. The van der Waals surface area contributed by atoms with Crippen LogP contribution in [-0.2, 0) is 4.74 Å². The van der Waals surface area contributed by atoms with Gasteiger partial charge in [-0.25, -0.2) is 14.8 Å². The number of aromatic amines is 1. The van der Waals surface area contributed by atoms with E-state index in [0.717, 1.165) is 28.9 Å². The van der Waals surface area contributed by atoms with Crippen LogP contribution in [-0.4, -0.2) is 50.9 Å². The first-order chi connectivity index (χ1) is 13.2. The molecule has 1 aliphatic heterocycles. The molecule has 27 heavy (non-hydrogen) atoms. The Balaban J connectivity index is 1.46. The molecule has 3 aromatic rings. The number of nitrogens with one attached hydrogen (secondary N) is 1. The SMILES string of the molecule is CCOC(=O)N1CCC(c2cc(-c3cnc(-c4ccccc4)nc3)n[nH]2)C1. The number of aromatic nitrogens is 4. The molecule has 0 radical (unpaired) electrons. The molecule has 2 aromatic heterocycles. The number of carbonyl (C=O) groups excluding carboxylic acids is 1. The highest BCUT2D eigenvalue weighted by Gasteiger charge is 2.29. The fourth-order valence-corrected chi connectivity index (χ4v) is 3.28. The van der Waals surface area contributed by atoms with E-state index < -0.39 is 0 Å². The molecule has 7 heteroatoms. The van der Waals surface area contributed by atoms with E-state index in [2.05, 4.69) is 20.2 Å². The lowest BCUT2D eigenvalue weighted by molar-refractivity contribution is 0.115. The topological polar surface area (TPSA) is 84.0 Å². The zero-order valence-electron chi connectivity index (χ0n) is 15.1. The highest BCUT2D eigenvalue weighted by atomic mass is 16.6. The van der Waals surface area contributed by atoms with Gasteiger partial charge in [-0.2, -0.15) is 5.10 Å². The number of nitrogens with zero attached hydrogens (tertiary/aromatic N) is 4. The van der Waals surface area contributed by atoms with Crippen LogP contribution in [0, 0.1) is 0 Å². The molecular weight excluding hydrogens is 342 g/mol. The van der Waals surface area contributed by atoms with Gasteiger partial charge in [-0.3, -0.25) is 5.10 Å². The van der Waals surface area contributed by atoms with Gasteiger partial charge in [0, 0.05) is 48.2 Å². The molecule has 7 nitrogen and oxygen atoms in total. The molecule has 1 saturated heterocycles. The van der Waals surface area contributed by atoms with Crippen LogP contribution in [0.4, 0.5) is 4.79 Å². The molecule has 1 aromatic carbocycles. The highest BCUT2D eigenvalue weighted by molar-refractivity contribution is 5.68. The van der Waals surface area contributed by atoms with Gasteiger partial charge < -0.3 is 9.64 Å². The number of ether oxygens (including phenoxy) is 1. The second kappa shape index (κ2) is 7.57. The molecule has 1 unspecified atom stereocenters. The third-order valence-electron chi connectivity index (χ3n) is 4.73. The third kappa shape index (κ3) is 3.67. The molecule has 1 N–H and O–H groups in total. The summed E-state index contributed by atoms with van der Waals surface area (Å²) >= 11 is 0. The summed E-state index contributed by atoms with van der Waals surface area (Å²) < 4.78 is 5.08. The number of likely N-dealkylation sites (tertiary alicyclic amines) is 1. The van der Waals surface area contributed by atoms with Crippen LogP contribution in [0.25, 0.3) is 22.6 Å². The van der Waals surface area contributed by atoms with Crippen LogP contribution in [0.5, 0.6) is 0 Å². The largest absolute Gasteiger partial charge is 0.450 e. The first-order valence-corrected chi connectivity index (χ1v) is 9.09. The molecular formula is C20H21N5O2. The molecule has 0 spiro atoms. The van der Waals surface area contributed by atoms with E-state index in [1.165, 1.54) is 0 Å². The van der Waals surface area contributed by atoms with E-state index in [-0.39, 0.29) is 12.0 Å². The maximum absolute atomic E-state index is 11.9. The summed E-state index contributed by atoms with van der Waals surface area (Å²) in [6, 6.07) is 11.9. The van der Waals surface area contributed by atoms with Gasteiger partial charge in [-0.15, -0.1) is 0 Å². The number of hydrogen-bond acceptors (Lipinski definition) is 5. The maximum Gasteiger partial charge on any atom is 0.409 e. The van der Waals surface area contributed by atoms with Gasteiger partial charge in [0.05, 0.1) is 12.3 Å². The van der Waals surface area contributed by atoms with Crippen molar-refractivity contribution in [2.45, 2.75) is 19.3 Å². The monoisotopic (exact) mass is 363 g/mol. The lowest BCUT2D eigenvalue weighted by atomic mass is 10.0. The Morgan fingerprint density at radius 3 is 2.74 bits per heavy atom. The standard InChI is InChI=1S/C20H21N5O2/c1-2-27-20(26)25-9-8-15(13-25)17-10-18(24-23-17)16-11-21-19(22-12-16)14-6-4-3-5-7-14/h3-7,10-12,15H,2,8-9,13H2,1H3,(H,23,24). The molecule has 4 rings (SSSR count). The zero-order valence-corrected chi connectivity index (χ0v) is 15.1. The molecule has 1 amide bonds. The summed E-state index contributed by atoms with van der Waals surface area (Å²) in [7, 11) is 0. The van der Waals surface area contributed by atoms with Gasteiger partial charge in [-0.05, 0) is 19.4 Å². The number of hydrogen-bond donors (Lipinski definition) is 1. The minimum atomic E-state index is -0.246. The Hall–Kier alpha value is -3.22. The van der Waals surface area contributed by atoms with E-state index in [9.17, 15) is 4.79 Å². The van der Waals surface area contributed by atoms with Gasteiger partial charge >= 0.3 is 6.09 Å². The second-order valence-electron chi connectivity index (χ2n) is 6.50. The van der Waals surface area contributed by atoms with Gasteiger partial charge in [0.2, 0.25) is 0 Å².